The van der Waals surface area contributed by atoms with E-state index in [1.165, 1.54) is 0 Å². The summed E-state index contributed by atoms with van der Waals surface area (Å²) in [6.45, 7) is 11.9. The van der Waals surface area contributed by atoms with E-state index in [4.69, 9.17) is 17.0 Å². The van der Waals surface area contributed by atoms with Crippen LogP contribution in [0.4, 0.5) is 11.5 Å². The Bertz CT molecular complexity index is 890. The van der Waals surface area contributed by atoms with Crippen molar-refractivity contribution < 1.29 is 4.74 Å². The molecule has 0 aliphatic rings. The highest BCUT2D eigenvalue weighted by Crippen LogP contribution is 2.33. The molecule has 0 atom stereocenters. The van der Waals surface area contributed by atoms with E-state index in [-0.39, 0.29) is 5.92 Å². The Morgan fingerprint density at radius 1 is 1.12 bits per heavy atom. The van der Waals surface area contributed by atoms with Crippen molar-refractivity contribution in [1.82, 2.24) is 9.78 Å². The average molecular weight is 332 g/mol. The predicted molar refractivity (Wildman–Crippen MR) is 99.1 cm³/mol. The van der Waals surface area contributed by atoms with Crippen LogP contribution >= 0.6 is 0 Å². The number of nitrogen functional groups attached to an aromatic ring is 1. The number of rotatable bonds is 5. The van der Waals surface area contributed by atoms with Crippen LogP contribution in [0.5, 0.6) is 5.75 Å². The zero-order chi connectivity index (χ0) is 17.8. The summed E-state index contributed by atoms with van der Waals surface area (Å²) in [6, 6.07) is 17.5. The molecule has 0 fully saturated rings. The number of hydrogen-bond acceptors (Lipinski definition) is 3. The lowest BCUT2D eigenvalue weighted by Gasteiger charge is -2.07. The first-order valence-electron chi connectivity index (χ1n) is 8.13. The van der Waals surface area contributed by atoms with Crippen LogP contribution in [0.25, 0.3) is 10.5 Å². The molecule has 0 radical (unpaired) electrons. The summed E-state index contributed by atoms with van der Waals surface area (Å²) in [5.74, 6) is 1.28. The average Bonchev–Trinajstić information content (AvgIpc) is 2.98. The number of aromatic nitrogens is 2. The van der Waals surface area contributed by atoms with Crippen LogP contribution < -0.4 is 10.5 Å². The lowest BCUT2D eigenvalue weighted by Crippen LogP contribution is -1.99. The Hall–Kier alpha value is -3.26. The van der Waals surface area contributed by atoms with E-state index < -0.39 is 0 Å². The standard InChI is InChI=1S/C20H20N4O/c1-14(2)19-18(21)20(22-3)24(23-19)16-9-11-17(12-10-16)25-13-15-7-5-4-6-8-15/h4-12,14H,13,21H2,1-2H3. The van der Waals surface area contributed by atoms with Crippen molar-refractivity contribution in [3.05, 3.63) is 77.3 Å². The van der Waals surface area contributed by atoms with Gasteiger partial charge in [0.15, 0.2) is 0 Å². The highest BCUT2D eigenvalue weighted by molar-refractivity contribution is 5.69. The second kappa shape index (κ2) is 7.10. The van der Waals surface area contributed by atoms with Crippen molar-refractivity contribution >= 4 is 11.5 Å². The molecule has 5 nitrogen and oxygen atoms in total. The largest absolute Gasteiger partial charge is 0.489 e. The molecule has 2 aromatic carbocycles. The first-order valence-corrected chi connectivity index (χ1v) is 8.13. The third-order valence-electron chi connectivity index (χ3n) is 3.91. The second-order valence-electron chi connectivity index (χ2n) is 6.07. The van der Waals surface area contributed by atoms with Crippen LogP contribution in [-0.4, -0.2) is 9.78 Å². The van der Waals surface area contributed by atoms with Crippen molar-refractivity contribution in [2.45, 2.75) is 26.4 Å². The lowest BCUT2D eigenvalue weighted by atomic mass is 10.1. The van der Waals surface area contributed by atoms with Gasteiger partial charge in [0, 0.05) is 5.92 Å². The van der Waals surface area contributed by atoms with Gasteiger partial charge in [0.1, 0.15) is 18.0 Å². The van der Waals surface area contributed by atoms with Crippen molar-refractivity contribution in [1.29, 1.82) is 0 Å². The van der Waals surface area contributed by atoms with E-state index in [0.717, 1.165) is 22.7 Å². The highest BCUT2D eigenvalue weighted by Gasteiger charge is 2.20. The molecule has 5 heteroatoms. The molecule has 0 bridgehead atoms. The zero-order valence-corrected chi connectivity index (χ0v) is 14.3. The fourth-order valence-electron chi connectivity index (χ4n) is 2.58. The Kier molecular flexibility index (Phi) is 4.71. The summed E-state index contributed by atoms with van der Waals surface area (Å²) in [4.78, 5) is 3.54. The van der Waals surface area contributed by atoms with E-state index in [9.17, 15) is 0 Å². The van der Waals surface area contributed by atoms with Gasteiger partial charge < -0.3 is 15.3 Å². The maximum atomic E-state index is 7.39. The van der Waals surface area contributed by atoms with E-state index in [1.807, 2.05) is 68.4 Å². The first kappa shape index (κ1) is 16.6. The summed E-state index contributed by atoms with van der Waals surface area (Å²) in [7, 11) is 0. The molecule has 0 saturated heterocycles. The third kappa shape index (κ3) is 3.48. The number of nitrogens with two attached hydrogens (primary N) is 1. The Balaban J connectivity index is 1.81. The molecule has 0 aliphatic carbocycles. The Morgan fingerprint density at radius 3 is 2.40 bits per heavy atom. The minimum atomic E-state index is 0.162. The van der Waals surface area contributed by atoms with Gasteiger partial charge in [-0.3, -0.25) is 0 Å². The molecular weight excluding hydrogens is 312 g/mol. The molecule has 3 aromatic rings. The number of hydrogen-bond donors (Lipinski definition) is 1. The Morgan fingerprint density at radius 2 is 1.80 bits per heavy atom. The van der Waals surface area contributed by atoms with Crippen molar-refractivity contribution in [3.8, 4) is 11.4 Å². The summed E-state index contributed by atoms with van der Waals surface area (Å²) in [5.41, 5.74) is 9.17. The molecule has 25 heavy (non-hydrogen) atoms. The van der Waals surface area contributed by atoms with E-state index in [0.29, 0.717) is 18.1 Å². The summed E-state index contributed by atoms with van der Waals surface area (Å²) in [5, 5.41) is 4.51. The van der Waals surface area contributed by atoms with Crippen LogP contribution in [0.3, 0.4) is 0 Å². The number of nitrogens with zero attached hydrogens (tertiary/aromatic N) is 3. The minimum Gasteiger partial charge on any atom is -0.489 e. The molecule has 3 rings (SSSR count). The first-order chi connectivity index (χ1) is 12.1. The monoisotopic (exact) mass is 332 g/mol. The second-order valence-corrected chi connectivity index (χ2v) is 6.07. The van der Waals surface area contributed by atoms with Gasteiger partial charge in [-0.05, 0) is 29.8 Å². The molecule has 0 spiro atoms. The molecule has 2 N–H and O–H groups in total. The Labute approximate surface area is 147 Å². The van der Waals surface area contributed by atoms with Gasteiger partial charge in [-0.1, -0.05) is 55.9 Å². The minimum absolute atomic E-state index is 0.162. The zero-order valence-electron chi connectivity index (χ0n) is 14.3. The molecule has 1 aromatic heterocycles. The van der Waals surface area contributed by atoms with Crippen LogP contribution in [0.2, 0.25) is 0 Å². The molecule has 0 unspecified atom stereocenters. The normalized spacial score (nSPS) is 10.6. The van der Waals surface area contributed by atoms with Gasteiger partial charge >= 0.3 is 0 Å². The smallest absolute Gasteiger partial charge is 0.280 e. The van der Waals surface area contributed by atoms with Gasteiger partial charge in [-0.25, -0.2) is 0 Å². The maximum absolute atomic E-state index is 7.39. The number of benzene rings is 2. The molecular formula is C20H20N4O. The topological polar surface area (TPSA) is 57.4 Å². The maximum Gasteiger partial charge on any atom is 0.280 e. The lowest BCUT2D eigenvalue weighted by molar-refractivity contribution is 0.306. The number of ether oxygens (including phenoxy) is 1. The molecule has 0 saturated carbocycles. The fourth-order valence-corrected chi connectivity index (χ4v) is 2.58. The van der Waals surface area contributed by atoms with Gasteiger partial charge in [-0.2, -0.15) is 4.68 Å². The van der Waals surface area contributed by atoms with Crippen LogP contribution in [0.15, 0.2) is 54.6 Å². The summed E-state index contributed by atoms with van der Waals surface area (Å²) < 4.78 is 7.39. The van der Waals surface area contributed by atoms with E-state index in [2.05, 4.69) is 9.94 Å². The van der Waals surface area contributed by atoms with Crippen molar-refractivity contribution in [2.24, 2.45) is 0 Å². The van der Waals surface area contributed by atoms with Crippen LogP contribution in [0.1, 0.15) is 31.0 Å². The predicted octanol–water partition coefficient (Wildman–Crippen LogP) is 4.71. The molecule has 0 aliphatic heterocycles. The highest BCUT2D eigenvalue weighted by atomic mass is 16.5. The number of anilines is 1. The summed E-state index contributed by atoms with van der Waals surface area (Å²) >= 11 is 0. The SMILES string of the molecule is [C-]#[N+]c1c(N)c(C(C)C)nn1-c1ccc(OCc2ccccc2)cc1. The third-order valence-corrected chi connectivity index (χ3v) is 3.91. The molecule has 126 valence electrons. The quantitative estimate of drug-likeness (QED) is 0.689. The molecule has 0 amide bonds. The van der Waals surface area contributed by atoms with Crippen molar-refractivity contribution in [2.75, 3.05) is 5.73 Å². The van der Waals surface area contributed by atoms with Crippen molar-refractivity contribution in [3.63, 3.8) is 0 Å². The summed E-state index contributed by atoms with van der Waals surface area (Å²) in [6.07, 6.45) is 0. The fraction of sp³-hybridized carbons (Fsp3) is 0.200. The van der Waals surface area contributed by atoms with Gasteiger partial charge in [0.25, 0.3) is 5.82 Å². The van der Waals surface area contributed by atoms with Gasteiger partial charge in [0.05, 0.1) is 11.4 Å². The van der Waals surface area contributed by atoms with Gasteiger partial charge in [-0.15, -0.1) is 0 Å². The van der Waals surface area contributed by atoms with E-state index in [1.54, 1.807) is 4.68 Å². The van der Waals surface area contributed by atoms with Crippen LogP contribution in [0, 0.1) is 6.57 Å². The van der Waals surface area contributed by atoms with Gasteiger partial charge in [0.2, 0.25) is 0 Å². The van der Waals surface area contributed by atoms with E-state index >= 15 is 0 Å². The molecule has 1 heterocycles. The van der Waals surface area contributed by atoms with Crippen LogP contribution in [-0.2, 0) is 6.61 Å².